The van der Waals surface area contributed by atoms with E-state index in [9.17, 15) is 4.79 Å². The molecule has 4 nitrogen and oxygen atoms in total. The summed E-state index contributed by atoms with van der Waals surface area (Å²) in [5, 5.41) is 15.6. The Labute approximate surface area is 63.9 Å². The zero-order valence-corrected chi connectivity index (χ0v) is 6.11. The standard InChI is InChI=1S/C7H8N2O2/c1-2-5-3-4-6(7(10)11)9-8-5/h3-4H,2H2,1H3,(H,10,11). The third kappa shape index (κ3) is 1.73. The van der Waals surface area contributed by atoms with Crippen LogP contribution in [0.15, 0.2) is 12.1 Å². The lowest BCUT2D eigenvalue weighted by molar-refractivity contribution is 0.0689. The second-order valence-electron chi connectivity index (χ2n) is 2.07. The van der Waals surface area contributed by atoms with E-state index in [1.54, 1.807) is 6.07 Å². The van der Waals surface area contributed by atoms with Crippen LogP contribution in [-0.4, -0.2) is 21.3 Å². The van der Waals surface area contributed by atoms with Crippen LogP contribution in [0.3, 0.4) is 0 Å². The maximum absolute atomic E-state index is 10.3. The fraction of sp³-hybridized carbons (Fsp3) is 0.286. The minimum absolute atomic E-state index is 0.0119. The largest absolute Gasteiger partial charge is 0.476 e. The van der Waals surface area contributed by atoms with Gasteiger partial charge in [0.15, 0.2) is 5.69 Å². The van der Waals surface area contributed by atoms with Gasteiger partial charge in [0.2, 0.25) is 0 Å². The van der Waals surface area contributed by atoms with Crippen LogP contribution in [-0.2, 0) is 6.42 Å². The molecule has 1 N–H and O–H groups in total. The van der Waals surface area contributed by atoms with Gasteiger partial charge in [0.25, 0.3) is 0 Å². The van der Waals surface area contributed by atoms with Crippen molar-refractivity contribution in [1.82, 2.24) is 10.2 Å². The molecule has 1 rings (SSSR count). The molecular weight excluding hydrogens is 144 g/mol. The number of carboxylic acids is 1. The Morgan fingerprint density at radius 2 is 2.27 bits per heavy atom. The molecule has 1 heterocycles. The third-order valence-electron chi connectivity index (χ3n) is 1.30. The predicted octanol–water partition coefficient (Wildman–Crippen LogP) is 0.737. The first kappa shape index (κ1) is 7.65. The van der Waals surface area contributed by atoms with Crippen molar-refractivity contribution in [1.29, 1.82) is 0 Å². The second-order valence-corrected chi connectivity index (χ2v) is 2.07. The van der Waals surface area contributed by atoms with E-state index in [1.807, 2.05) is 6.92 Å². The molecule has 1 aromatic rings. The highest BCUT2D eigenvalue weighted by atomic mass is 16.4. The summed E-state index contributed by atoms with van der Waals surface area (Å²) in [5.74, 6) is -1.04. The number of hydrogen-bond donors (Lipinski definition) is 1. The molecule has 0 unspecified atom stereocenters. The van der Waals surface area contributed by atoms with Crippen molar-refractivity contribution < 1.29 is 9.90 Å². The van der Waals surface area contributed by atoms with Crippen molar-refractivity contribution in [2.45, 2.75) is 13.3 Å². The molecule has 0 aliphatic carbocycles. The number of aromatic carboxylic acids is 1. The number of carboxylic acid groups (broad SMARTS) is 1. The summed E-state index contributed by atoms with van der Waals surface area (Å²) in [4.78, 5) is 10.3. The summed E-state index contributed by atoms with van der Waals surface area (Å²) in [6.07, 6.45) is 0.771. The van der Waals surface area contributed by atoms with E-state index >= 15 is 0 Å². The van der Waals surface area contributed by atoms with E-state index in [2.05, 4.69) is 10.2 Å². The summed E-state index contributed by atoms with van der Waals surface area (Å²) in [6, 6.07) is 3.12. The minimum atomic E-state index is -1.04. The van der Waals surface area contributed by atoms with Gasteiger partial charge in [0, 0.05) is 0 Å². The molecule has 0 aliphatic rings. The number of carbonyl (C=O) groups is 1. The summed E-state index contributed by atoms with van der Waals surface area (Å²) < 4.78 is 0. The van der Waals surface area contributed by atoms with Gasteiger partial charge in [0.1, 0.15) is 0 Å². The highest BCUT2D eigenvalue weighted by Gasteiger charge is 2.03. The van der Waals surface area contributed by atoms with E-state index in [4.69, 9.17) is 5.11 Å². The Morgan fingerprint density at radius 3 is 2.64 bits per heavy atom. The highest BCUT2D eigenvalue weighted by Crippen LogP contribution is 1.96. The van der Waals surface area contributed by atoms with Gasteiger partial charge in [-0.3, -0.25) is 0 Å². The molecular formula is C7H8N2O2. The minimum Gasteiger partial charge on any atom is -0.476 e. The van der Waals surface area contributed by atoms with Gasteiger partial charge in [-0.25, -0.2) is 4.79 Å². The Kier molecular flexibility index (Phi) is 2.15. The normalized spacial score (nSPS) is 9.55. The van der Waals surface area contributed by atoms with Crippen molar-refractivity contribution in [2.75, 3.05) is 0 Å². The van der Waals surface area contributed by atoms with Crippen molar-refractivity contribution in [3.63, 3.8) is 0 Å². The molecule has 0 aliphatic heterocycles. The average molecular weight is 152 g/mol. The molecule has 11 heavy (non-hydrogen) atoms. The molecule has 0 saturated carbocycles. The Hall–Kier alpha value is -1.45. The van der Waals surface area contributed by atoms with Gasteiger partial charge in [-0.1, -0.05) is 6.92 Å². The molecule has 1 aromatic heterocycles. The summed E-state index contributed by atoms with van der Waals surface area (Å²) in [6.45, 7) is 1.93. The van der Waals surface area contributed by atoms with Crippen LogP contribution in [0.2, 0.25) is 0 Å². The highest BCUT2D eigenvalue weighted by molar-refractivity contribution is 5.84. The molecule has 4 heteroatoms. The van der Waals surface area contributed by atoms with E-state index in [0.717, 1.165) is 12.1 Å². The van der Waals surface area contributed by atoms with Crippen molar-refractivity contribution in [2.24, 2.45) is 0 Å². The summed E-state index contributed by atoms with van der Waals surface area (Å²) >= 11 is 0. The van der Waals surface area contributed by atoms with Crippen molar-refractivity contribution >= 4 is 5.97 Å². The molecule has 0 saturated heterocycles. The lowest BCUT2D eigenvalue weighted by atomic mass is 10.3. The van der Waals surface area contributed by atoms with Crippen LogP contribution < -0.4 is 0 Å². The number of aryl methyl sites for hydroxylation is 1. The SMILES string of the molecule is CCc1ccc(C(=O)O)nn1. The van der Waals surface area contributed by atoms with Crippen LogP contribution >= 0.6 is 0 Å². The first-order chi connectivity index (χ1) is 5.24. The van der Waals surface area contributed by atoms with Gasteiger partial charge in [-0.15, -0.1) is 5.10 Å². The number of rotatable bonds is 2. The third-order valence-corrected chi connectivity index (χ3v) is 1.30. The van der Waals surface area contributed by atoms with Crippen LogP contribution in [0.5, 0.6) is 0 Å². The van der Waals surface area contributed by atoms with Gasteiger partial charge < -0.3 is 5.11 Å². The molecule has 0 radical (unpaired) electrons. The maximum Gasteiger partial charge on any atom is 0.356 e. The lowest BCUT2D eigenvalue weighted by Crippen LogP contribution is -2.02. The number of aromatic nitrogens is 2. The molecule has 58 valence electrons. The summed E-state index contributed by atoms with van der Waals surface area (Å²) in [7, 11) is 0. The molecule has 0 spiro atoms. The van der Waals surface area contributed by atoms with Gasteiger partial charge in [-0.05, 0) is 18.6 Å². The van der Waals surface area contributed by atoms with E-state index in [0.29, 0.717) is 0 Å². The summed E-state index contributed by atoms with van der Waals surface area (Å²) in [5.41, 5.74) is 0.789. The van der Waals surface area contributed by atoms with Crippen LogP contribution in [0.25, 0.3) is 0 Å². The van der Waals surface area contributed by atoms with Crippen molar-refractivity contribution in [3.05, 3.63) is 23.5 Å². The molecule has 0 bridgehead atoms. The first-order valence-corrected chi connectivity index (χ1v) is 3.30. The topological polar surface area (TPSA) is 63.1 Å². The zero-order chi connectivity index (χ0) is 8.27. The smallest absolute Gasteiger partial charge is 0.356 e. The van der Waals surface area contributed by atoms with Gasteiger partial charge in [0.05, 0.1) is 5.69 Å². The maximum atomic E-state index is 10.3. The van der Waals surface area contributed by atoms with Crippen LogP contribution in [0, 0.1) is 0 Å². The average Bonchev–Trinajstić information content (AvgIpc) is 2.05. The Morgan fingerprint density at radius 1 is 1.55 bits per heavy atom. The zero-order valence-electron chi connectivity index (χ0n) is 6.11. The van der Waals surface area contributed by atoms with E-state index < -0.39 is 5.97 Å². The van der Waals surface area contributed by atoms with Gasteiger partial charge in [-0.2, -0.15) is 5.10 Å². The Balaban J connectivity index is 2.91. The quantitative estimate of drug-likeness (QED) is 0.678. The monoisotopic (exact) mass is 152 g/mol. The number of hydrogen-bond acceptors (Lipinski definition) is 3. The number of nitrogens with zero attached hydrogens (tertiary/aromatic N) is 2. The first-order valence-electron chi connectivity index (χ1n) is 3.30. The van der Waals surface area contributed by atoms with Gasteiger partial charge >= 0.3 is 5.97 Å². The van der Waals surface area contributed by atoms with E-state index in [-0.39, 0.29) is 5.69 Å². The van der Waals surface area contributed by atoms with Crippen molar-refractivity contribution in [3.8, 4) is 0 Å². The Bertz CT molecular complexity index is 256. The fourth-order valence-corrected chi connectivity index (χ4v) is 0.663. The molecule has 0 amide bonds. The lowest BCUT2D eigenvalue weighted by Gasteiger charge is -1.93. The fourth-order valence-electron chi connectivity index (χ4n) is 0.663. The molecule has 0 aromatic carbocycles. The second kappa shape index (κ2) is 3.09. The molecule has 0 fully saturated rings. The predicted molar refractivity (Wildman–Crippen MR) is 38.4 cm³/mol. The van der Waals surface area contributed by atoms with Crippen LogP contribution in [0.1, 0.15) is 23.1 Å². The van der Waals surface area contributed by atoms with E-state index in [1.165, 1.54) is 6.07 Å². The molecule has 0 atom stereocenters. The van der Waals surface area contributed by atoms with Crippen LogP contribution in [0.4, 0.5) is 0 Å².